The van der Waals surface area contributed by atoms with Crippen LogP contribution in [0.3, 0.4) is 0 Å². The molecule has 164 valence electrons. The van der Waals surface area contributed by atoms with Crippen LogP contribution in [-0.4, -0.2) is 48.9 Å². The van der Waals surface area contributed by atoms with Crippen molar-refractivity contribution in [3.8, 4) is 5.75 Å². The van der Waals surface area contributed by atoms with E-state index in [0.29, 0.717) is 23.0 Å². The molecule has 0 fully saturated rings. The number of amides is 3. The third-order valence-electron chi connectivity index (χ3n) is 5.34. The maximum absolute atomic E-state index is 13.1. The summed E-state index contributed by atoms with van der Waals surface area (Å²) in [7, 11) is 1.57. The highest BCUT2D eigenvalue weighted by atomic mass is 16.5. The van der Waals surface area contributed by atoms with Gasteiger partial charge in [-0.1, -0.05) is 38.1 Å². The molecule has 0 saturated heterocycles. The molecule has 0 saturated carbocycles. The number of anilines is 2. The van der Waals surface area contributed by atoms with Crippen LogP contribution in [0.2, 0.25) is 0 Å². The molecule has 1 aliphatic rings. The Hall–Kier alpha value is -3.35. The van der Waals surface area contributed by atoms with Gasteiger partial charge in [0.15, 0.2) is 6.61 Å². The minimum atomic E-state index is -0.324. The highest BCUT2D eigenvalue weighted by molar-refractivity contribution is 6.05. The number of hydrogen-bond acceptors (Lipinski definition) is 4. The fraction of sp³-hybridized carbons (Fsp3) is 0.375. The molecular weight excluding hydrogens is 394 g/mol. The molecule has 0 aromatic heterocycles. The quantitative estimate of drug-likeness (QED) is 0.772. The Balaban J connectivity index is 1.62. The van der Waals surface area contributed by atoms with Gasteiger partial charge in [-0.15, -0.1) is 0 Å². The smallest absolute Gasteiger partial charge is 0.260 e. The van der Waals surface area contributed by atoms with Crippen LogP contribution in [0.15, 0.2) is 48.5 Å². The summed E-state index contributed by atoms with van der Waals surface area (Å²) in [6.07, 6.45) is 0.188. The Labute approximate surface area is 183 Å². The molecule has 1 heterocycles. The zero-order valence-electron chi connectivity index (χ0n) is 18.4. The highest BCUT2D eigenvalue weighted by Crippen LogP contribution is 2.31. The predicted molar refractivity (Wildman–Crippen MR) is 120 cm³/mol. The summed E-state index contributed by atoms with van der Waals surface area (Å²) in [5, 5.41) is 2.83. The lowest BCUT2D eigenvalue weighted by atomic mass is 10.0. The number of nitrogens with zero attached hydrogens (tertiary/aromatic N) is 2. The number of benzene rings is 2. The monoisotopic (exact) mass is 423 g/mol. The van der Waals surface area contributed by atoms with E-state index in [0.717, 1.165) is 0 Å². The SMILES string of the molecule is CC(C)c1ccc(OCC(=O)N(C)CC(=O)N2c3ccccc3NC(=O)CC2C)cc1. The Kier molecular flexibility index (Phi) is 6.95. The molecule has 7 nitrogen and oxygen atoms in total. The van der Waals surface area contributed by atoms with Crippen molar-refractivity contribution >= 4 is 29.1 Å². The van der Waals surface area contributed by atoms with Crippen molar-refractivity contribution in [2.24, 2.45) is 0 Å². The Bertz CT molecular complexity index is 956. The molecule has 0 spiro atoms. The van der Waals surface area contributed by atoms with Gasteiger partial charge < -0.3 is 19.9 Å². The van der Waals surface area contributed by atoms with Gasteiger partial charge in [0.25, 0.3) is 5.91 Å². The van der Waals surface area contributed by atoms with Crippen molar-refractivity contribution in [3.63, 3.8) is 0 Å². The van der Waals surface area contributed by atoms with E-state index in [9.17, 15) is 14.4 Å². The molecule has 0 aliphatic carbocycles. The van der Waals surface area contributed by atoms with Gasteiger partial charge >= 0.3 is 0 Å². The minimum Gasteiger partial charge on any atom is -0.484 e. The zero-order valence-corrected chi connectivity index (χ0v) is 18.4. The average molecular weight is 424 g/mol. The Morgan fingerprint density at radius 2 is 1.84 bits per heavy atom. The van der Waals surface area contributed by atoms with Crippen LogP contribution in [0.25, 0.3) is 0 Å². The van der Waals surface area contributed by atoms with Crippen LogP contribution in [0.5, 0.6) is 5.75 Å². The number of rotatable bonds is 6. The molecule has 1 unspecified atom stereocenters. The Morgan fingerprint density at radius 1 is 1.16 bits per heavy atom. The summed E-state index contributed by atoms with van der Waals surface area (Å²) >= 11 is 0. The van der Waals surface area contributed by atoms with E-state index in [2.05, 4.69) is 19.2 Å². The van der Waals surface area contributed by atoms with Crippen molar-refractivity contribution < 1.29 is 19.1 Å². The van der Waals surface area contributed by atoms with Crippen LogP contribution >= 0.6 is 0 Å². The first-order valence-electron chi connectivity index (χ1n) is 10.4. The number of ether oxygens (including phenoxy) is 1. The second-order valence-corrected chi connectivity index (χ2v) is 8.14. The lowest BCUT2D eigenvalue weighted by molar-refractivity contribution is -0.135. The van der Waals surface area contributed by atoms with Gasteiger partial charge in [-0.25, -0.2) is 0 Å². The molecule has 7 heteroatoms. The van der Waals surface area contributed by atoms with Crippen molar-refractivity contribution in [2.75, 3.05) is 30.4 Å². The van der Waals surface area contributed by atoms with E-state index >= 15 is 0 Å². The molecule has 2 aromatic carbocycles. The molecule has 0 bridgehead atoms. The largest absolute Gasteiger partial charge is 0.484 e. The molecule has 3 amide bonds. The standard InChI is InChI=1S/C24H29N3O4/c1-16(2)18-9-11-19(12-10-18)31-15-24(30)26(4)14-23(29)27-17(3)13-22(28)25-20-7-5-6-8-21(20)27/h5-12,16-17H,13-15H2,1-4H3,(H,25,28). The third kappa shape index (κ3) is 5.42. The molecular formula is C24H29N3O4. The number of para-hydroxylation sites is 2. The lowest BCUT2D eigenvalue weighted by Gasteiger charge is -2.29. The predicted octanol–water partition coefficient (Wildman–Crippen LogP) is 3.41. The molecule has 3 rings (SSSR count). The van der Waals surface area contributed by atoms with Crippen molar-refractivity contribution in [3.05, 3.63) is 54.1 Å². The van der Waals surface area contributed by atoms with E-state index < -0.39 is 0 Å². The summed E-state index contributed by atoms with van der Waals surface area (Å²) < 4.78 is 5.59. The molecule has 1 aliphatic heterocycles. The summed E-state index contributed by atoms with van der Waals surface area (Å²) in [5.41, 5.74) is 2.42. The van der Waals surface area contributed by atoms with E-state index in [-0.39, 0.29) is 43.3 Å². The first-order valence-corrected chi connectivity index (χ1v) is 10.4. The summed E-state index contributed by atoms with van der Waals surface area (Å²) in [6.45, 7) is 5.78. The van der Waals surface area contributed by atoms with Crippen LogP contribution in [0.4, 0.5) is 11.4 Å². The van der Waals surface area contributed by atoms with Gasteiger partial charge in [0.1, 0.15) is 5.75 Å². The molecule has 0 radical (unpaired) electrons. The van der Waals surface area contributed by atoms with Crippen molar-refractivity contribution in [1.29, 1.82) is 0 Å². The molecule has 31 heavy (non-hydrogen) atoms. The van der Waals surface area contributed by atoms with Gasteiger partial charge in [0.05, 0.1) is 17.9 Å². The maximum atomic E-state index is 13.1. The summed E-state index contributed by atoms with van der Waals surface area (Å²) in [4.78, 5) is 40.6. The average Bonchev–Trinajstić information content (AvgIpc) is 2.86. The van der Waals surface area contributed by atoms with E-state index in [4.69, 9.17) is 4.74 Å². The number of fused-ring (bicyclic) bond motifs is 1. The second-order valence-electron chi connectivity index (χ2n) is 8.14. The minimum absolute atomic E-state index is 0.110. The number of nitrogens with one attached hydrogen (secondary N) is 1. The Morgan fingerprint density at radius 3 is 2.52 bits per heavy atom. The van der Waals surface area contributed by atoms with Gasteiger partial charge in [-0.3, -0.25) is 14.4 Å². The summed E-state index contributed by atoms with van der Waals surface area (Å²) in [5.74, 6) is 0.332. The number of likely N-dealkylation sites (N-methyl/N-ethyl adjacent to an activating group) is 1. The van der Waals surface area contributed by atoms with Gasteiger partial charge in [-0.05, 0) is 42.7 Å². The van der Waals surface area contributed by atoms with Crippen LogP contribution in [0, 0.1) is 0 Å². The van der Waals surface area contributed by atoms with Crippen molar-refractivity contribution in [1.82, 2.24) is 4.90 Å². The first-order chi connectivity index (χ1) is 14.8. The lowest BCUT2D eigenvalue weighted by Crippen LogP contribution is -2.46. The van der Waals surface area contributed by atoms with Crippen LogP contribution in [0.1, 0.15) is 38.7 Å². The fourth-order valence-corrected chi connectivity index (χ4v) is 3.54. The highest BCUT2D eigenvalue weighted by Gasteiger charge is 2.30. The molecule has 1 atom stereocenters. The van der Waals surface area contributed by atoms with E-state index in [1.165, 1.54) is 10.5 Å². The third-order valence-corrected chi connectivity index (χ3v) is 5.34. The van der Waals surface area contributed by atoms with Gasteiger partial charge in [-0.2, -0.15) is 0 Å². The first kappa shape index (κ1) is 22.3. The molecule has 1 N–H and O–H groups in total. The number of hydrogen-bond donors (Lipinski definition) is 1. The molecule has 2 aromatic rings. The second kappa shape index (κ2) is 9.64. The maximum Gasteiger partial charge on any atom is 0.260 e. The zero-order chi connectivity index (χ0) is 22.5. The fourth-order valence-electron chi connectivity index (χ4n) is 3.54. The van der Waals surface area contributed by atoms with Gasteiger partial charge in [0.2, 0.25) is 11.8 Å². The van der Waals surface area contributed by atoms with E-state index in [1.807, 2.05) is 37.3 Å². The van der Waals surface area contributed by atoms with Gasteiger partial charge in [0, 0.05) is 19.5 Å². The number of carbonyl (C=O) groups excluding carboxylic acids is 3. The van der Waals surface area contributed by atoms with Crippen LogP contribution < -0.4 is 15.0 Å². The van der Waals surface area contributed by atoms with Crippen LogP contribution in [-0.2, 0) is 14.4 Å². The van der Waals surface area contributed by atoms with Crippen molar-refractivity contribution in [2.45, 2.75) is 39.2 Å². The van der Waals surface area contributed by atoms with E-state index in [1.54, 1.807) is 30.1 Å². The normalized spacial score (nSPS) is 15.7. The summed E-state index contributed by atoms with van der Waals surface area (Å²) in [6, 6.07) is 14.5. The topological polar surface area (TPSA) is 79.0 Å². The number of carbonyl (C=O) groups is 3.